The molecule has 4 aliphatic rings. The first-order valence-corrected chi connectivity index (χ1v) is 43.4. The van der Waals surface area contributed by atoms with Crippen molar-refractivity contribution in [2.24, 2.45) is 0 Å². The molecule has 0 bridgehead atoms. The highest BCUT2D eigenvalue weighted by atomic mass is 127. The van der Waals surface area contributed by atoms with E-state index in [2.05, 4.69) is 167 Å². The Morgan fingerprint density at radius 3 is 1.48 bits per heavy atom. The van der Waals surface area contributed by atoms with Crippen LogP contribution in [0.2, 0.25) is 0 Å². The normalized spacial score (nSPS) is 14.4. The minimum atomic E-state index is -1.74. The number of aromatic amines is 3. The summed E-state index contributed by atoms with van der Waals surface area (Å²) in [4.78, 5) is 58.1. The second-order valence-electron chi connectivity index (χ2n) is 29.7. The average molecular weight is 1810 g/mol. The number of alkyl halides is 2. The predicted octanol–water partition coefficient (Wildman–Crippen LogP) is 23.0. The topological polar surface area (TPSA) is 237 Å². The molecular formula is C90H112BBrI2N6O12. The van der Waals surface area contributed by atoms with E-state index in [1.165, 1.54) is 197 Å². The number of benzene rings is 6. The van der Waals surface area contributed by atoms with Gasteiger partial charge in [-0.1, -0.05) is 190 Å². The molecule has 3 saturated carbocycles. The minimum absolute atomic E-state index is 0.0930. The Kier molecular flexibility index (Phi) is 34.0. The molecule has 6 N–H and O–H groups in total. The van der Waals surface area contributed by atoms with Gasteiger partial charge in [-0.25, -0.2) is 19.2 Å². The number of aryl methyl sites for hydroxylation is 2. The van der Waals surface area contributed by atoms with Crippen LogP contribution in [0.15, 0.2) is 150 Å². The van der Waals surface area contributed by atoms with Crippen molar-refractivity contribution in [3.05, 3.63) is 184 Å². The molecule has 16 rings (SSSR count). The van der Waals surface area contributed by atoms with Gasteiger partial charge in [-0.3, -0.25) is 4.57 Å². The molecule has 22 heteroatoms. The van der Waals surface area contributed by atoms with Crippen LogP contribution in [0.1, 0.15) is 222 Å². The summed E-state index contributed by atoms with van der Waals surface area (Å²) < 4.78 is 33.3. The van der Waals surface area contributed by atoms with E-state index in [0.717, 1.165) is 69.4 Å². The molecule has 112 heavy (non-hydrogen) atoms. The monoisotopic (exact) mass is 1810 g/mol. The van der Waals surface area contributed by atoms with Crippen molar-refractivity contribution >= 4 is 163 Å². The number of methoxy groups -OCH3 is 4. The van der Waals surface area contributed by atoms with Gasteiger partial charge < -0.3 is 62.9 Å². The maximum Gasteiger partial charge on any atom is 0.506 e. The second kappa shape index (κ2) is 43.1. The molecule has 0 spiro atoms. The number of esters is 2. The Morgan fingerprint density at radius 2 is 0.964 bits per heavy atom. The number of carboxylic acids is 1. The summed E-state index contributed by atoms with van der Waals surface area (Å²) >= 11 is 8.47. The number of nitrogens with one attached hydrogen (secondary N) is 3. The third kappa shape index (κ3) is 21.8. The summed E-state index contributed by atoms with van der Waals surface area (Å²) in [7, 11) is 7.59. The zero-order valence-electron chi connectivity index (χ0n) is 66.9. The molecule has 7 heterocycles. The number of nitrogens with zero attached hydrogens (tertiary/aromatic N) is 3. The van der Waals surface area contributed by atoms with Crippen LogP contribution in [0.5, 0.6) is 0 Å². The molecule has 0 saturated heterocycles. The van der Waals surface area contributed by atoms with Gasteiger partial charge in [0.05, 0.1) is 69.4 Å². The van der Waals surface area contributed by atoms with Gasteiger partial charge in [0, 0.05) is 96.0 Å². The first-order valence-electron chi connectivity index (χ1n) is 39.5. The van der Waals surface area contributed by atoms with Crippen LogP contribution in [0.4, 0.5) is 4.79 Å². The number of carbonyl (C=O) groups is 4. The van der Waals surface area contributed by atoms with Crippen molar-refractivity contribution in [3.8, 4) is 22.8 Å². The lowest BCUT2D eigenvalue weighted by Crippen LogP contribution is -2.40. The smallest absolute Gasteiger partial charge is 0.478 e. The molecule has 0 unspecified atom stereocenters. The summed E-state index contributed by atoms with van der Waals surface area (Å²) in [6.45, 7) is 11.3. The number of carboxylic acid groups (broad SMARTS) is 1. The summed E-state index contributed by atoms with van der Waals surface area (Å²) in [5.41, 5.74) is 16.2. The molecule has 3 aliphatic carbocycles. The summed E-state index contributed by atoms with van der Waals surface area (Å²) in [5, 5.41) is 35.3. The molecule has 1 aliphatic heterocycles. The number of unbranched alkanes of at least 4 members (excludes halogenated alkanes) is 1. The maximum atomic E-state index is 12.2. The number of fused-ring (bicyclic) bond motifs is 11. The Hall–Kier alpha value is -7.72. The van der Waals surface area contributed by atoms with Gasteiger partial charge in [-0.2, -0.15) is 0 Å². The zero-order valence-corrected chi connectivity index (χ0v) is 72.8. The second-order valence-corrected chi connectivity index (χ2v) is 32.6. The van der Waals surface area contributed by atoms with Gasteiger partial charge in [-0.05, 0) is 222 Å². The van der Waals surface area contributed by atoms with Crippen molar-refractivity contribution in [2.45, 2.75) is 193 Å². The highest BCUT2D eigenvalue weighted by molar-refractivity contribution is 14.1. The van der Waals surface area contributed by atoms with Crippen LogP contribution in [0.3, 0.4) is 0 Å². The van der Waals surface area contributed by atoms with E-state index in [4.69, 9.17) is 14.2 Å². The summed E-state index contributed by atoms with van der Waals surface area (Å²) in [6.07, 6.45) is 23.5. The van der Waals surface area contributed by atoms with Gasteiger partial charge in [-0.15, -0.1) is 0 Å². The number of aromatic nitrogens is 6. The maximum absolute atomic E-state index is 12.2. The van der Waals surface area contributed by atoms with Gasteiger partial charge in [0.2, 0.25) is 0 Å². The molecule has 0 radical (unpaired) electrons. The van der Waals surface area contributed by atoms with Crippen molar-refractivity contribution in [1.82, 2.24) is 28.7 Å². The third-order valence-corrected chi connectivity index (χ3v) is 23.0. The Morgan fingerprint density at radius 1 is 0.500 bits per heavy atom. The number of rotatable bonds is 11. The number of carbonyl (C=O) groups excluding carboxylic acids is 3. The molecule has 6 aromatic carbocycles. The average Bonchev–Trinajstić information content (AvgIpc) is 1.57. The van der Waals surface area contributed by atoms with E-state index in [1.807, 2.05) is 56.3 Å². The summed E-state index contributed by atoms with van der Waals surface area (Å²) in [5.74, 6) is 0.272. The Balaban J connectivity index is 0.000000165. The molecule has 18 nitrogen and oxygen atoms in total. The van der Waals surface area contributed by atoms with Crippen LogP contribution >= 0.6 is 61.1 Å². The Bertz CT molecular complexity index is 5020. The quantitative estimate of drug-likeness (QED) is 0.0177. The lowest BCUT2D eigenvalue weighted by atomic mass is 9.82. The molecule has 12 aromatic rings. The van der Waals surface area contributed by atoms with E-state index >= 15 is 0 Å². The van der Waals surface area contributed by atoms with Crippen LogP contribution in [-0.4, -0.2) is 132 Å². The number of hydrogen-bond acceptors (Lipinski definition) is 11. The highest BCUT2D eigenvalue weighted by Crippen LogP contribution is 2.48. The van der Waals surface area contributed by atoms with Crippen LogP contribution in [-0.2, 0) is 36.8 Å². The first kappa shape index (κ1) is 88.2. The lowest BCUT2D eigenvalue weighted by Gasteiger charge is -2.25. The fourth-order valence-electron chi connectivity index (χ4n) is 16.0. The van der Waals surface area contributed by atoms with Crippen LogP contribution in [0, 0.1) is 0 Å². The van der Waals surface area contributed by atoms with E-state index in [9.17, 15) is 34.3 Å². The number of H-pyrrole nitrogens is 3. The SMILES string of the molecule is CC.CC(C)(C)OC(=O)n1c(B(O)O)cc2ccccc21.COC.COC.COC(=O)c1ccc2c(C3CCCCC3)c(-c3cc4ccccc4[nH]3)[nH]c2c1.COC(=O)c1ccc2c(C3CCCCC3)c(Br)[nH]c2c1.ICCCCI.O=C(O)c1ccc2c(C3CCCCC3)c3n(c2c1)CCCCn1c-3cc2ccccc21. The molecule has 3 fully saturated rings. The standard InChI is InChI=1S/C27H28N2O2.C24H24N2O2.C16H18BrNO2.C13H16BNO4.C4H8I2.2C2H6O.C2H6/c30-27(31)20-12-13-21-23(17-20)29-15-7-6-14-28-22-11-5-4-10-19(22)16-24(28)26(29)25(21)18-8-2-1-3-9-18;1-28-24(27)17-11-12-18-20(14-17)26-23(22(18)15-7-3-2-4-8-15)21-13-16-9-5-6-10-19(16)25-21;1-20-16(19)11-7-8-12-13(9-11)18-15(17)14(12)10-5-3-2-4-6-10;1-13(2,3)19-12(16)15-10-7-5-4-6-9(10)8-11(15)14(17)18;5-3-1-2-4-6;2*1-3-2;1-2/h4-5,10-13,16-18H,1-3,6-9,14-15H2,(H,30,31);5-6,9-15,25-26H,2-4,7-8H2,1H3;7-10,18H,2-6H2,1H3;4-8,17-18H,1-3H3;1-4H2;2*1-2H3;1-2H3. The van der Waals surface area contributed by atoms with Crippen LogP contribution < -0.4 is 5.59 Å². The summed E-state index contributed by atoms with van der Waals surface area (Å²) in [6, 6.07) is 47.7. The number of halogens is 3. The molecule has 0 amide bonds. The van der Waals surface area contributed by atoms with Crippen molar-refractivity contribution in [1.29, 1.82) is 0 Å². The third-order valence-electron chi connectivity index (χ3n) is 20.8. The number of hydrogen-bond donors (Lipinski definition) is 6. The fourth-order valence-corrected chi connectivity index (χ4v) is 17.8. The van der Waals surface area contributed by atoms with Crippen molar-refractivity contribution in [3.63, 3.8) is 0 Å². The highest BCUT2D eigenvalue weighted by Gasteiger charge is 2.32. The van der Waals surface area contributed by atoms with Gasteiger partial charge in [0.1, 0.15) is 5.60 Å². The van der Waals surface area contributed by atoms with Gasteiger partial charge >= 0.3 is 31.1 Å². The van der Waals surface area contributed by atoms with Crippen molar-refractivity contribution in [2.75, 3.05) is 51.5 Å². The van der Waals surface area contributed by atoms with E-state index in [1.54, 1.807) is 79.5 Å². The fraction of sp³-hybridized carbons (Fsp3) is 0.422. The van der Waals surface area contributed by atoms with E-state index < -0.39 is 24.8 Å². The van der Waals surface area contributed by atoms with Gasteiger partial charge in [0.25, 0.3) is 0 Å². The number of para-hydroxylation sites is 3. The van der Waals surface area contributed by atoms with Crippen molar-refractivity contribution < 1.29 is 58.0 Å². The van der Waals surface area contributed by atoms with E-state index in [0.29, 0.717) is 40.0 Å². The zero-order chi connectivity index (χ0) is 80.6. The van der Waals surface area contributed by atoms with Crippen LogP contribution in [0.25, 0.3) is 88.2 Å². The van der Waals surface area contributed by atoms with Gasteiger partial charge in [0.15, 0.2) is 0 Å². The predicted molar refractivity (Wildman–Crippen MR) is 478 cm³/mol. The largest absolute Gasteiger partial charge is 0.506 e. The van der Waals surface area contributed by atoms with E-state index in [-0.39, 0.29) is 17.5 Å². The Labute approximate surface area is 695 Å². The molecular weight excluding hydrogens is 1700 g/mol. The molecule has 6 aromatic heterocycles. The lowest BCUT2D eigenvalue weighted by molar-refractivity contribution is 0.0544. The number of ether oxygens (including phenoxy) is 5. The minimum Gasteiger partial charge on any atom is -0.478 e. The molecule has 0 atom stereocenters. The first-order chi connectivity index (χ1) is 54.2. The number of aromatic carboxylic acids is 1. The molecule has 598 valence electrons.